The van der Waals surface area contributed by atoms with Crippen molar-refractivity contribution in [3.8, 4) is 5.75 Å². The van der Waals surface area contributed by atoms with Crippen LogP contribution in [0.15, 0.2) is 28.6 Å². The van der Waals surface area contributed by atoms with Crippen LogP contribution in [-0.2, 0) is 14.4 Å². The minimum Gasteiger partial charge on any atom is -0.495 e. The molecule has 0 saturated carbocycles. The number of hydrogen-bond acceptors (Lipinski definition) is 8. The van der Waals surface area contributed by atoms with E-state index in [9.17, 15) is 14.4 Å². The summed E-state index contributed by atoms with van der Waals surface area (Å²) in [6.07, 6.45) is 3.42. The van der Waals surface area contributed by atoms with E-state index in [1.165, 1.54) is 29.5 Å². The zero-order chi connectivity index (χ0) is 22.5. The minimum absolute atomic E-state index is 0.108. The molecule has 9 nitrogen and oxygen atoms in total. The third kappa shape index (κ3) is 5.21. The number of likely N-dealkylation sites (tertiary alicyclic amines) is 1. The van der Waals surface area contributed by atoms with Gasteiger partial charge in [-0.1, -0.05) is 35.2 Å². The summed E-state index contributed by atoms with van der Waals surface area (Å²) in [4.78, 5) is 41.0. The third-order valence-electron chi connectivity index (χ3n) is 5.54. The number of thioether (sulfide) groups is 1. The Kier molecular flexibility index (Phi) is 7.26. The molecule has 0 bridgehead atoms. The number of ether oxygens (including phenoxy) is 1. The van der Waals surface area contributed by atoms with Crippen molar-refractivity contribution in [2.24, 2.45) is 5.92 Å². The van der Waals surface area contributed by atoms with Crippen molar-refractivity contribution >= 4 is 51.6 Å². The van der Waals surface area contributed by atoms with Crippen LogP contribution in [0.1, 0.15) is 25.7 Å². The van der Waals surface area contributed by atoms with E-state index in [0.29, 0.717) is 26.7 Å². The highest BCUT2D eigenvalue weighted by Gasteiger charge is 2.36. The molecule has 1 atom stereocenters. The lowest BCUT2D eigenvalue weighted by molar-refractivity contribution is -0.129. The molecule has 2 fully saturated rings. The van der Waals surface area contributed by atoms with Crippen molar-refractivity contribution in [1.29, 1.82) is 0 Å². The fraction of sp³-hybridized carbons (Fsp3) is 0.476. The molecule has 4 rings (SSSR count). The molecule has 2 aliphatic rings. The van der Waals surface area contributed by atoms with Gasteiger partial charge in [0.2, 0.25) is 22.9 Å². The van der Waals surface area contributed by atoms with E-state index >= 15 is 0 Å². The first kappa shape index (κ1) is 22.5. The summed E-state index contributed by atoms with van der Waals surface area (Å²) in [5, 5.41) is 11.2. The smallest absolute Gasteiger partial charge is 0.233 e. The highest BCUT2D eigenvalue weighted by molar-refractivity contribution is 8.01. The van der Waals surface area contributed by atoms with E-state index in [2.05, 4.69) is 15.5 Å². The number of benzene rings is 1. The Morgan fingerprint density at radius 2 is 2.00 bits per heavy atom. The Hall–Kier alpha value is -2.66. The monoisotopic (exact) mass is 475 g/mol. The Labute approximate surface area is 194 Å². The summed E-state index contributed by atoms with van der Waals surface area (Å²) in [5.74, 6) is 0.122. The summed E-state index contributed by atoms with van der Waals surface area (Å²) in [6.45, 7) is 1.92. The molecule has 3 amide bonds. The maximum Gasteiger partial charge on any atom is 0.233 e. The number of anilines is 2. The maximum absolute atomic E-state index is 12.7. The fourth-order valence-corrected chi connectivity index (χ4v) is 5.51. The topological polar surface area (TPSA) is 105 Å². The number of rotatable bonds is 7. The van der Waals surface area contributed by atoms with E-state index in [-0.39, 0.29) is 30.7 Å². The minimum atomic E-state index is -0.493. The maximum atomic E-state index is 12.7. The van der Waals surface area contributed by atoms with Gasteiger partial charge in [-0.3, -0.25) is 14.4 Å². The van der Waals surface area contributed by atoms with Crippen LogP contribution in [0.3, 0.4) is 0 Å². The Balaban J connectivity index is 1.30. The van der Waals surface area contributed by atoms with E-state index in [4.69, 9.17) is 4.74 Å². The van der Waals surface area contributed by atoms with Gasteiger partial charge in [-0.25, -0.2) is 0 Å². The molecule has 1 N–H and O–H groups in total. The van der Waals surface area contributed by atoms with Crippen molar-refractivity contribution in [2.45, 2.75) is 30.0 Å². The molecule has 0 radical (unpaired) electrons. The quantitative estimate of drug-likeness (QED) is 0.485. The summed E-state index contributed by atoms with van der Waals surface area (Å²) in [6, 6.07) is 7.25. The fourth-order valence-electron chi connectivity index (χ4n) is 3.85. The highest BCUT2D eigenvalue weighted by atomic mass is 32.2. The number of methoxy groups -OCH3 is 1. The number of para-hydroxylation sites is 2. The number of piperidine rings is 1. The molecule has 170 valence electrons. The highest BCUT2D eigenvalue weighted by Crippen LogP contribution is 2.33. The van der Waals surface area contributed by atoms with E-state index in [0.717, 1.165) is 25.9 Å². The predicted octanol–water partition coefficient (Wildman–Crippen LogP) is 2.64. The molecule has 11 heteroatoms. The van der Waals surface area contributed by atoms with Gasteiger partial charge in [0.05, 0.1) is 24.5 Å². The molecule has 0 aliphatic carbocycles. The van der Waals surface area contributed by atoms with E-state index in [1.807, 2.05) is 17.0 Å². The zero-order valence-corrected chi connectivity index (χ0v) is 19.4. The van der Waals surface area contributed by atoms with E-state index < -0.39 is 5.92 Å². The lowest BCUT2D eigenvalue weighted by Gasteiger charge is -2.26. The largest absolute Gasteiger partial charge is 0.495 e. The SMILES string of the molecule is COc1ccccc1N1CC(C(=O)Nc2nnc(SCC(=O)N3CCCCC3)s2)CC1=O. The number of carbonyl (C=O) groups is 3. The third-order valence-corrected chi connectivity index (χ3v) is 7.49. The first-order valence-electron chi connectivity index (χ1n) is 10.5. The standard InChI is InChI=1S/C21H25N5O4S2/c1-30-16-8-4-3-7-15(16)26-12-14(11-17(26)27)19(29)22-20-23-24-21(32-20)31-13-18(28)25-9-5-2-6-10-25/h3-4,7-8,14H,2,5-6,9-13H2,1H3,(H,22,23,29). The molecule has 2 saturated heterocycles. The first-order valence-corrected chi connectivity index (χ1v) is 12.3. The average molecular weight is 476 g/mol. The van der Waals surface area contributed by atoms with Gasteiger partial charge in [0.15, 0.2) is 4.34 Å². The van der Waals surface area contributed by atoms with Gasteiger partial charge in [-0.2, -0.15) is 0 Å². The van der Waals surface area contributed by atoms with Crippen LogP contribution in [0.4, 0.5) is 10.8 Å². The molecule has 0 spiro atoms. The molecular formula is C21H25N5O4S2. The molecule has 2 aromatic rings. The number of nitrogens with one attached hydrogen (secondary N) is 1. The van der Waals surface area contributed by atoms with Gasteiger partial charge in [-0.05, 0) is 31.4 Å². The summed E-state index contributed by atoms with van der Waals surface area (Å²) < 4.78 is 5.97. The lowest BCUT2D eigenvalue weighted by Crippen LogP contribution is -2.36. The van der Waals surface area contributed by atoms with Crippen molar-refractivity contribution < 1.29 is 19.1 Å². The molecule has 3 heterocycles. The molecule has 1 aromatic heterocycles. The summed E-state index contributed by atoms with van der Waals surface area (Å²) in [5.41, 5.74) is 0.656. The van der Waals surface area contributed by atoms with Gasteiger partial charge in [0, 0.05) is 26.1 Å². The number of nitrogens with zero attached hydrogens (tertiary/aromatic N) is 4. The number of hydrogen-bond donors (Lipinski definition) is 1. The van der Waals surface area contributed by atoms with Crippen molar-refractivity contribution in [2.75, 3.05) is 42.7 Å². The van der Waals surface area contributed by atoms with Crippen LogP contribution in [-0.4, -0.2) is 65.3 Å². The molecule has 1 unspecified atom stereocenters. The van der Waals surface area contributed by atoms with Crippen LogP contribution in [0.2, 0.25) is 0 Å². The van der Waals surface area contributed by atoms with Crippen molar-refractivity contribution in [3.05, 3.63) is 24.3 Å². The second-order valence-corrected chi connectivity index (χ2v) is 9.87. The normalized spacial score (nSPS) is 18.7. The zero-order valence-electron chi connectivity index (χ0n) is 17.8. The summed E-state index contributed by atoms with van der Waals surface area (Å²) >= 11 is 2.56. The number of carbonyl (C=O) groups excluding carboxylic acids is 3. The second kappa shape index (κ2) is 10.3. The number of amides is 3. The Bertz CT molecular complexity index is 992. The van der Waals surface area contributed by atoms with Gasteiger partial charge in [0.1, 0.15) is 5.75 Å². The summed E-state index contributed by atoms with van der Waals surface area (Å²) in [7, 11) is 1.55. The Morgan fingerprint density at radius 1 is 1.22 bits per heavy atom. The van der Waals surface area contributed by atoms with Gasteiger partial charge < -0.3 is 19.9 Å². The predicted molar refractivity (Wildman–Crippen MR) is 123 cm³/mol. The van der Waals surface area contributed by atoms with Crippen molar-refractivity contribution in [1.82, 2.24) is 15.1 Å². The van der Waals surface area contributed by atoms with Gasteiger partial charge in [-0.15, -0.1) is 10.2 Å². The first-order chi connectivity index (χ1) is 15.5. The van der Waals surface area contributed by atoms with Crippen LogP contribution >= 0.6 is 23.1 Å². The number of aromatic nitrogens is 2. The molecular weight excluding hydrogens is 450 g/mol. The van der Waals surface area contributed by atoms with Gasteiger partial charge in [0.25, 0.3) is 0 Å². The van der Waals surface area contributed by atoms with Crippen molar-refractivity contribution in [3.63, 3.8) is 0 Å². The van der Waals surface area contributed by atoms with E-state index in [1.54, 1.807) is 24.1 Å². The van der Waals surface area contributed by atoms with Crippen LogP contribution < -0.4 is 15.0 Å². The second-order valence-electron chi connectivity index (χ2n) is 7.67. The molecule has 1 aromatic carbocycles. The van der Waals surface area contributed by atoms with Crippen LogP contribution in [0.5, 0.6) is 5.75 Å². The Morgan fingerprint density at radius 3 is 2.78 bits per heavy atom. The molecule has 2 aliphatic heterocycles. The lowest BCUT2D eigenvalue weighted by atomic mass is 10.1. The van der Waals surface area contributed by atoms with Crippen LogP contribution in [0, 0.1) is 5.92 Å². The molecule has 32 heavy (non-hydrogen) atoms. The van der Waals surface area contributed by atoms with Crippen LogP contribution in [0.25, 0.3) is 0 Å². The van der Waals surface area contributed by atoms with Gasteiger partial charge >= 0.3 is 0 Å². The average Bonchev–Trinajstić information content (AvgIpc) is 3.44.